The number of hydrogen-bond acceptors (Lipinski definition) is 6. The fraction of sp³-hybridized carbons (Fsp3) is 0.300. The van der Waals surface area contributed by atoms with Gasteiger partial charge in [0, 0.05) is 25.5 Å². The summed E-state index contributed by atoms with van der Waals surface area (Å²) in [6, 6.07) is 5.42. The number of alkyl halides is 2. The summed E-state index contributed by atoms with van der Waals surface area (Å²) >= 11 is 0. The van der Waals surface area contributed by atoms with Gasteiger partial charge in [0.15, 0.2) is 11.6 Å². The van der Waals surface area contributed by atoms with Crippen molar-refractivity contribution in [2.45, 2.75) is 26.3 Å². The van der Waals surface area contributed by atoms with Gasteiger partial charge in [0.1, 0.15) is 12.4 Å². The number of aryl methyl sites for hydroxylation is 1. The SMILES string of the molecule is Cc1cc(OCC(F)F)cc2c1CCN(c1cnc(-c3ncccn3)nc1)C2. The fourth-order valence-corrected chi connectivity index (χ4v) is 3.36. The fourth-order valence-electron chi connectivity index (χ4n) is 3.36. The molecule has 3 aromatic rings. The molecule has 0 fully saturated rings. The lowest BCUT2D eigenvalue weighted by Crippen LogP contribution is -2.31. The summed E-state index contributed by atoms with van der Waals surface area (Å²) in [6.45, 7) is 2.86. The van der Waals surface area contributed by atoms with Crippen LogP contribution in [0.5, 0.6) is 5.75 Å². The van der Waals surface area contributed by atoms with Gasteiger partial charge in [-0.3, -0.25) is 0 Å². The van der Waals surface area contributed by atoms with Crippen LogP contribution in [0, 0.1) is 6.92 Å². The van der Waals surface area contributed by atoms with E-state index >= 15 is 0 Å². The van der Waals surface area contributed by atoms with E-state index in [4.69, 9.17) is 4.74 Å². The Morgan fingerprint density at radius 3 is 2.50 bits per heavy atom. The monoisotopic (exact) mass is 383 g/mol. The topological polar surface area (TPSA) is 64.0 Å². The molecule has 28 heavy (non-hydrogen) atoms. The number of aromatic nitrogens is 4. The van der Waals surface area contributed by atoms with Crippen LogP contribution in [0.2, 0.25) is 0 Å². The van der Waals surface area contributed by atoms with Crippen molar-refractivity contribution in [3.63, 3.8) is 0 Å². The van der Waals surface area contributed by atoms with Crippen LogP contribution < -0.4 is 9.64 Å². The average Bonchev–Trinajstić information content (AvgIpc) is 2.72. The van der Waals surface area contributed by atoms with Crippen molar-refractivity contribution in [1.82, 2.24) is 19.9 Å². The van der Waals surface area contributed by atoms with Crippen LogP contribution in [0.1, 0.15) is 16.7 Å². The zero-order valence-corrected chi connectivity index (χ0v) is 15.3. The molecular weight excluding hydrogens is 364 g/mol. The molecule has 0 saturated heterocycles. The zero-order chi connectivity index (χ0) is 19.5. The quantitative estimate of drug-likeness (QED) is 0.672. The predicted molar refractivity (Wildman–Crippen MR) is 100 cm³/mol. The first-order valence-electron chi connectivity index (χ1n) is 8.98. The van der Waals surface area contributed by atoms with Crippen molar-refractivity contribution in [3.05, 3.63) is 59.7 Å². The van der Waals surface area contributed by atoms with Crippen LogP contribution in [0.4, 0.5) is 14.5 Å². The first-order chi connectivity index (χ1) is 13.6. The summed E-state index contributed by atoms with van der Waals surface area (Å²) in [7, 11) is 0. The molecule has 0 bridgehead atoms. The number of rotatable bonds is 5. The van der Waals surface area contributed by atoms with Crippen molar-refractivity contribution >= 4 is 5.69 Å². The Balaban J connectivity index is 1.53. The lowest BCUT2D eigenvalue weighted by molar-refractivity contribution is 0.0818. The highest BCUT2D eigenvalue weighted by Crippen LogP contribution is 2.30. The lowest BCUT2D eigenvalue weighted by atomic mass is 9.94. The van der Waals surface area contributed by atoms with E-state index in [2.05, 4.69) is 24.8 Å². The number of nitrogens with zero attached hydrogens (tertiary/aromatic N) is 5. The molecule has 0 unspecified atom stereocenters. The summed E-state index contributed by atoms with van der Waals surface area (Å²) in [5.41, 5.74) is 4.28. The van der Waals surface area contributed by atoms with Gasteiger partial charge < -0.3 is 9.64 Å². The third kappa shape index (κ3) is 3.90. The van der Waals surface area contributed by atoms with E-state index in [-0.39, 0.29) is 0 Å². The van der Waals surface area contributed by atoms with Gasteiger partial charge in [-0.15, -0.1) is 0 Å². The zero-order valence-electron chi connectivity index (χ0n) is 15.3. The van der Waals surface area contributed by atoms with Gasteiger partial charge in [0.2, 0.25) is 0 Å². The minimum Gasteiger partial charge on any atom is -0.488 e. The molecular formula is C20H19F2N5O. The van der Waals surface area contributed by atoms with Crippen molar-refractivity contribution < 1.29 is 13.5 Å². The van der Waals surface area contributed by atoms with Crippen molar-refractivity contribution in [2.75, 3.05) is 18.1 Å². The van der Waals surface area contributed by atoms with E-state index in [0.29, 0.717) is 23.9 Å². The maximum Gasteiger partial charge on any atom is 0.272 e. The van der Waals surface area contributed by atoms with Gasteiger partial charge in [0.25, 0.3) is 6.43 Å². The molecule has 8 heteroatoms. The van der Waals surface area contributed by atoms with Crippen LogP contribution in [0.3, 0.4) is 0 Å². The third-order valence-corrected chi connectivity index (χ3v) is 4.68. The second kappa shape index (κ2) is 7.84. The molecule has 1 aliphatic heterocycles. The lowest BCUT2D eigenvalue weighted by Gasteiger charge is -2.31. The van der Waals surface area contributed by atoms with Crippen LogP contribution in [-0.2, 0) is 13.0 Å². The number of fused-ring (bicyclic) bond motifs is 1. The predicted octanol–water partition coefficient (Wildman–Crippen LogP) is 3.45. The molecule has 2 aromatic heterocycles. The highest BCUT2D eigenvalue weighted by atomic mass is 19.3. The van der Waals surface area contributed by atoms with E-state index in [1.165, 1.54) is 5.56 Å². The summed E-state index contributed by atoms with van der Waals surface area (Å²) in [5, 5.41) is 0. The molecule has 0 saturated carbocycles. The number of anilines is 1. The Morgan fingerprint density at radius 2 is 1.79 bits per heavy atom. The molecule has 3 heterocycles. The molecule has 0 atom stereocenters. The number of ether oxygens (including phenoxy) is 1. The number of hydrogen-bond donors (Lipinski definition) is 0. The van der Waals surface area contributed by atoms with Crippen molar-refractivity contribution in [3.8, 4) is 17.4 Å². The standard InChI is InChI=1S/C20H19F2N5O/c1-13-7-16(28-12-18(21)22)8-14-11-27(6-3-17(13)14)15-9-25-20(26-10-15)19-23-4-2-5-24-19/h2,4-5,7-10,18H,3,6,11-12H2,1H3. The summed E-state index contributed by atoms with van der Waals surface area (Å²) in [4.78, 5) is 19.2. The van der Waals surface area contributed by atoms with Crippen molar-refractivity contribution in [2.24, 2.45) is 0 Å². The Labute approximate surface area is 161 Å². The maximum absolute atomic E-state index is 12.4. The molecule has 4 rings (SSSR count). The minimum absolute atomic E-state index is 0.472. The average molecular weight is 383 g/mol. The molecule has 144 valence electrons. The normalized spacial score (nSPS) is 13.5. The van der Waals surface area contributed by atoms with Gasteiger partial charge in [0.05, 0.1) is 18.1 Å². The molecule has 0 radical (unpaired) electrons. The smallest absolute Gasteiger partial charge is 0.272 e. The highest BCUT2D eigenvalue weighted by Gasteiger charge is 2.20. The molecule has 0 N–H and O–H groups in total. The summed E-state index contributed by atoms with van der Waals surface area (Å²) in [6.07, 6.45) is 5.19. The van der Waals surface area contributed by atoms with Gasteiger partial charge in [-0.25, -0.2) is 28.7 Å². The third-order valence-electron chi connectivity index (χ3n) is 4.68. The van der Waals surface area contributed by atoms with Gasteiger partial charge in [-0.2, -0.15) is 0 Å². The van der Waals surface area contributed by atoms with Crippen LogP contribution in [0.25, 0.3) is 11.6 Å². The first-order valence-corrected chi connectivity index (χ1v) is 8.98. The Bertz CT molecular complexity index is 951. The van der Waals surface area contributed by atoms with Gasteiger partial charge in [-0.1, -0.05) is 0 Å². The Kier molecular flexibility index (Phi) is 5.10. The Hall–Kier alpha value is -3.16. The molecule has 0 spiro atoms. The Morgan fingerprint density at radius 1 is 1.07 bits per heavy atom. The highest BCUT2D eigenvalue weighted by molar-refractivity contribution is 5.52. The summed E-state index contributed by atoms with van der Waals surface area (Å²) in [5.74, 6) is 1.43. The van der Waals surface area contributed by atoms with E-state index < -0.39 is 13.0 Å². The number of halogens is 2. The van der Waals surface area contributed by atoms with E-state index in [1.54, 1.807) is 30.9 Å². The van der Waals surface area contributed by atoms with Crippen LogP contribution >= 0.6 is 0 Å². The second-order valence-corrected chi connectivity index (χ2v) is 6.59. The first kappa shape index (κ1) is 18.2. The minimum atomic E-state index is -2.49. The van der Waals surface area contributed by atoms with Crippen LogP contribution in [-0.4, -0.2) is 39.5 Å². The van der Waals surface area contributed by atoms with Gasteiger partial charge in [-0.05, 0) is 48.2 Å². The van der Waals surface area contributed by atoms with Crippen molar-refractivity contribution in [1.29, 1.82) is 0 Å². The van der Waals surface area contributed by atoms with E-state index in [0.717, 1.165) is 29.8 Å². The molecule has 6 nitrogen and oxygen atoms in total. The summed E-state index contributed by atoms with van der Waals surface area (Å²) < 4.78 is 30.1. The second-order valence-electron chi connectivity index (χ2n) is 6.59. The molecule has 1 aromatic carbocycles. The number of benzene rings is 1. The molecule has 0 aliphatic carbocycles. The maximum atomic E-state index is 12.4. The van der Waals surface area contributed by atoms with Gasteiger partial charge >= 0.3 is 0 Å². The van der Waals surface area contributed by atoms with E-state index in [9.17, 15) is 8.78 Å². The molecule has 1 aliphatic rings. The molecule has 0 amide bonds. The van der Waals surface area contributed by atoms with Crippen LogP contribution in [0.15, 0.2) is 43.0 Å². The van der Waals surface area contributed by atoms with E-state index in [1.807, 2.05) is 19.1 Å². The largest absolute Gasteiger partial charge is 0.488 e.